The number of carbonyl (C=O) groups is 1. The van der Waals surface area contributed by atoms with E-state index in [1.807, 2.05) is 18.2 Å². The number of rotatable bonds is 1. The van der Waals surface area contributed by atoms with E-state index in [2.05, 4.69) is 19.2 Å². The highest BCUT2D eigenvalue weighted by Crippen LogP contribution is 2.51. The average molecular weight is 365 g/mol. The Balaban J connectivity index is 1.74. The summed E-state index contributed by atoms with van der Waals surface area (Å²) in [6, 6.07) is 10.3. The second kappa shape index (κ2) is 5.59. The molecule has 2 aromatic rings. The lowest BCUT2D eigenvalue weighted by molar-refractivity contribution is -0.118. The standard InChI is InChI=1S/C22H20FNO3/c1-22(2)9-16-21(17(25)10-22)20(12-4-3-5-13(23)6-12)14-7-18-19(27-11-26-18)8-15(14)24-16/h3-8,20,24H,9-11H2,1-2H3/t20-/m0/s1. The van der Waals surface area contributed by atoms with Crippen LogP contribution in [0.15, 0.2) is 47.7 Å². The maximum absolute atomic E-state index is 14.0. The number of ether oxygens (including phenoxy) is 2. The van der Waals surface area contributed by atoms with E-state index in [1.165, 1.54) is 12.1 Å². The fourth-order valence-corrected chi connectivity index (χ4v) is 4.44. The topological polar surface area (TPSA) is 47.6 Å². The largest absolute Gasteiger partial charge is 0.454 e. The van der Waals surface area contributed by atoms with E-state index in [9.17, 15) is 9.18 Å². The summed E-state index contributed by atoms with van der Waals surface area (Å²) in [4.78, 5) is 13.1. The lowest BCUT2D eigenvalue weighted by Crippen LogP contribution is -2.33. The molecule has 0 spiro atoms. The minimum Gasteiger partial charge on any atom is -0.454 e. The van der Waals surface area contributed by atoms with Crippen molar-refractivity contribution in [2.45, 2.75) is 32.6 Å². The Morgan fingerprint density at radius 2 is 1.89 bits per heavy atom. The quantitative estimate of drug-likeness (QED) is 0.792. The smallest absolute Gasteiger partial charge is 0.231 e. The number of benzene rings is 2. The van der Waals surface area contributed by atoms with Gasteiger partial charge in [-0.2, -0.15) is 0 Å². The number of nitrogens with one attached hydrogen (secondary N) is 1. The summed E-state index contributed by atoms with van der Waals surface area (Å²) in [5.74, 6) is 0.838. The van der Waals surface area contributed by atoms with Crippen molar-refractivity contribution in [3.8, 4) is 11.5 Å². The Labute approximate surface area is 157 Å². The number of allylic oxidation sites excluding steroid dienone is 2. The van der Waals surface area contributed by atoms with Crippen molar-refractivity contribution >= 4 is 11.5 Å². The minimum atomic E-state index is -0.315. The van der Waals surface area contributed by atoms with E-state index in [4.69, 9.17) is 9.47 Å². The van der Waals surface area contributed by atoms with Gasteiger partial charge in [-0.1, -0.05) is 26.0 Å². The molecule has 0 saturated carbocycles. The Morgan fingerprint density at radius 1 is 1.11 bits per heavy atom. The summed E-state index contributed by atoms with van der Waals surface area (Å²) in [6.07, 6.45) is 1.26. The van der Waals surface area contributed by atoms with Gasteiger partial charge in [-0.3, -0.25) is 4.79 Å². The molecule has 0 unspecified atom stereocenters. The third-order valence-corrected chi connectivity index (χ3v) is 5.53. The predicted octanol–water partition coefficient (Wildman–Crippen LogP) is 4.76. The number of fused-ring (bicyclic) bond motifs is 2. The van der Waals surface area contributed by atoms with Gasteiger partial charge < -0.3 is 14.8 Å². The molecule has 0 aromatic heterocycles. The maximum atomic E-state index is 14.0. The van der Waals surface area contributed by atoms with Crippen LogP contribution in [0.25, 0.3) is 0 Å². The molecule has 0 saturated heterocycles. The van der Waals surface area contributed by atoms with E-state index >= 15 is 0 Å². The summed E-state index contributed by atoms with van der Waals surface area (Å²) in [5.41, 5.74) is 4.14. The monoisotopic (exact) mass is 365 g/mol. The first kappa shape index (κ1) is 16.4. The number of carbonyl (C=O) groups excluding carboxylic acids is 1. The third kappa shape index (κ3) is 2.60. The van der Waals surface area contributed by atoms with Gasteiger partial charge in [-0.25, -0.2) is 4.39 Å². The minimum absolute atomic E-state index is 0.108. The molecule has 2 aliphatic heterocycles. The average Bonchev–Trinajstić information content (AvgIpc) is 3.04. The zero-order valence-corrected chi connectivity index (χ0v) is 15.3. The molecular weight excluding hydrogens is 345 g/mol. The van der Waals surface area contributed by atoms with Gasteiger partial charge in [0.15, 0.2) is 17.3 Å². The molecule has 5 rings (SSSR count). The summed E-state index contributed by atoms with van der Waals surface area (Å²) < 4.78 is 25.1. The summed E-state index contributed by atoms with van der Waals surface area (Å²) in [5, 5.41) is 3.46. The predicted molar refractivity (Wildman–Crippen MR) is 99.5 cm³/mol. The van der Waals surface area contributed by atoms with Crippen molar-refractivity contribution < 1.29 is 18.7 Å². The molecule has 5 heteroatoms. The highest BCUT2D eigenvalue weighted by Gasteiger charge is 2.41. The molecule has 1 aliphatic carbocycles. The molecular formula is C22H20FNO3. The Kier molecular flexibility index (Phi) is 3.39. The molecule has 1 N–H and O–H groups in total. The molecule has 0 bridgehead atoms. The van der Waals surface area contributed by atoms with Crippen LogP contribution in [0.2, 0.25) is 0 Å². The van der Waals surface area contributed by atoms with Crippen LogP contribution >= 0.6 is 0 Å². The molecule has 2 aromatic carbocycles. The van der Waals surface area contributed by atoms with Gasteiger partial charge in [0.05, 0.1) is 0 Å². The number of ketones is 1. The van der Waals surface area contributed by atoms with E-state index < -0.39 is 0 Å². The van der Waals surface area contributed by atoms with Crippen LogP contribution in [0.4, 0.5) is 10.1 Å². The first-order chi connectivity index (χ1) is 12.9. The second-order valence-corrected chi connectivity index (χ2v) is 8.24. The van der Waals surface area contributed by atoms with Crippen LogP contribution in [0.3, 0.4) is 0 Å². The molecule has 0 fully saturated rings. The zero-order valence-electron chi connectivity index (χ0n) is 15.3. The Morgan fingerprint density at radius 3 is 2.67 bits per heavy atom. The molecule has 0 amide bonds. The van der Waals surface area contributed by atoms with E-state index in [0.29, 0.717) is 17.9 Å². The van der Waals surface area contributed by atoms with Gasteiger partial charge in [0, 0.05) is 35.4 Å². The van der Waals surface area contributed by atoms with Crippen molar-refractivity contribution in [1.29, 1.82) is 0 Å². The molecule has 138 valence electrons. The van der Waals surface area contributed by atoms with Crippen molar-refractivity contribution in [3.63, 3.8) is 0 Å². The first-order valence-corrected chi connectivity index (χ1v) is 9.14. The summed E-state index contributed by atoms with van der Waals surface area (Å²) >= 11 is 0. The second-order valence-electron chi connectivity index (χ2n) is 8.24. The normalized spacial score (nSPS) is 22.2. The van der Waals surface area contributed by atoms with Gasteiger partial charge in [-0.15, -0.1) is 0 Å². The van der Waals surface area contributed by atoms with Crippen LogP contribution in [0.1, 0.15) is 43.7 Å². The number of Topliss-reactive ketones (excluding diaryl/α,β-unsaturated/α-hetero) is 1. The molecule has 2 heterocycles. The molecule has 4 nitrogen and oxygen atoms in total. The van der Waals surface area contributed by atoms with Gasteiger partial charge in [0.1, 0.15) is 5.82 Å². The van der Waals surface area contributed by atoms with Gasteiger partial charge in [0.2, 0.25) is 6.79 Å². The third-order valence-electron chi connectivity index (χ3n) is 5.53. The number of hydrogen-bond donors (Lipinski definition) is 1. The van der Waals surface area contributed by atoms with Gasteiger partial charge in [0.25, 0.3) is 0 Å². The maximum Gasteiger partial charge on any atom is 0.231 e. The lowest BCUT2D eigenvalue weighted by atomic mass is 9.68. The lowest BCUT2D eigenvalue weighted by Gasteiger charge is -2.39. The van der Waals surface area contributed by atoms with Crippen molar-refractivity contribution in [2.24, 2.45) is 5.41 Å². The van der Waals surface area contributed by atoms with Crippen LogP contribution in [-0.4, -0.2) is 12.6 Å². The number of halogens is 1. The molecule has 0 radical (unpaired) electrons. The van der Waals surface area contributed by atoms with Crippen molar-refractivity contribution in [1.82, 2.24) is 0 Å². The van der Waals surface area contributed by atoms with Crippen LogP contribution in [-0.2, 0) is 4.79 Å². The molecule has 1 atom stereocenters. The van der Waals surface area contributed by atoms with Crippen LogP contribution < -0.4 is 14.8 Å². The molecule has 27 heavy (non-hydrogen) atoms. The van der Waals surface area contributed by atoms with E-state index in [1.54, 1.807) is 6.07 Å². The Bertz CT molecular complexity index is 1010. The first-order valence-electron chi connectivity index (χ1n) is 9.14. The number of hydrogen-bond acceptors (Lipinski definition) is 4. The van der Waals surface area contributed by atoms with Gasteiger partial charge >= 0.3 is 0 Å². The van der Waals surface area contributed by atoms with Crippen LogP contribution in [0, 0.1) is 11.2 Å². The fraction of sp³-hybridized carbons (Fsp3) is 0.318. The summed E-state index contributed by atoms with van der Waals surface area (Å²) in [7, 11) is 0. The highest BCUT2D eigenvalue weighted by atomic mass is 19.1. The van der Waals surface area contributed by atoms with Gasteiger partial charge in [-0.05, 0) is 41.2 Å². The highest BCUT2D eigenvalue weighted by molar-refractivity contribution is 6.01. The SMILES string of the molecule is CC1(C)CC(=O)C2=C(C1)Nc1cc3c(cc1[C@@H]2c1cccc(F)c1)OCO3. The molecule has 3 aliphatic rings. The Hall–Kier alpha value is -2.82. The summed E-state index contributed by atoms with van der Waals surface area (Å²) in [6.45, 7) is 4.38. The van der Waals surface area contributed by atoms with Crippen molar-refractivity contribution in [2.75, 3.05) is 12.1 Å². The number of anilines is 1. The zero-order chi connectivity index (χ0) is 18.8. The fourth-order valence-electron chi connectivity index (χ4n) is 4.44. The van der Waals surface area contributed by atoms with Crippen LogP contribution in [0.5, 0.6) is 11.5 Å². The van der Waals surface area contributed by atoms with E-state index in [-0.39, 0.29) is 29.7 Å². The van der Waals surface area contributed by atoms with Crippen molar-refractivity contribution in [3.05, 3.63) is 64.6 Å². The van der Waals surface area contributed by atoms with E-state index in [0.717, 1.165) is 34.5 Å².